The molecule has 0 aliphatic carbocycles. The molecule has 0 aliphatic heterocycles. The molecule has 1 aromatic heterocycles. The Labute approximate surface area is 131 Å². The third kappa shape index (κ3) is 3.64. The van der Waals surface area contributed by atoms with Gasteiger partial charge in [0.25, 0.3) is 5.56 Å². The first-order valence-electron chi connectivity index (χ1n) is 6.64. The van der Waals surface area contributed by atoms with Gasteiger partial charge >= 0.3 is 0 Å². The Morgan fingerprint density at radius 1 is 1.36 bits per heavy atom. The van der Waals surface area contributed by atoms with E-state index in [4.69, 9.17) is 5.84 Å². The topological polar surface area (TPSA) is 103 Å². The number of aromatic nitrogens is 3. The van der Waals surface area contributed by atoms with E-state index in [1.165, 1.54) is 6.92 Å². The minimum absolute atomic E-state index is 0.197. The zero-order valence-electron chi connectivity index (χ0n) is 12.5. The van der Waals surface area contributed by atoms with Gasteiger partial charge in [0, 0.05) is 5.69 Å². The number of carbonyl (C=O) groups is 1. The number of hydrogen-bond acceptors (Lipinski definition) is 6. The molecular weight excluding hydrogens is 302 g/mol. The Morgan fingerprint density at radius 3 is 2.77 bits per heavy atom. The molecule has 3 N–H and O–H groups in total. The van der Waals surface area contributed by atoms with Crippen LogP contribution in [-0.4, -0.2) is 26.0 Å². The Hall–Kier alpha value is -2.35. The molecule has 1 amide bonds. The molecule has 1 atom stereocenters. The van der Waals surface area contributed by atoms with Crippen LogP contribution in [0.15, 0.2) is 34.2 Å². The van der Waals surface area contributed by atoms with E-state index in [1.54, 1.807) is 6.92 Å². The van der Waals surface area contributed by atoms with E-state index < -0.39 is 10.8 Å². The molecule has 22 heavy (non-hydrogen) atoms. The Morgan fingerprint density at radius 2 is 2.09 bits per heavy atom. The fourth-order valence-electron chi connectivity index (χ4n) is 1.73. The standard InChI is InChI=1S/C14H17N5O2S/c1-8-5-4-6-11(7-8)16-12(20)10(3)22-14-18-17-9(2)13(21)19(14)15/h4-7,10H,15H2,1-3H3,(H,16,20)/t10-/m0/s1. The lowest BCUT2D eigenvalue weighted by Gasteiger charge is -2.13. The van der Waals surface area contributed by atoms with E-state index in [1.807, 2.05) is 31.2 Å². The first kappa shape index (κ1) is 16.0. The number of nitrogens with two attached hydrogens (primary N) is 1. The summed E-state index contributed by atoms with van der Waals surface area (Å²) in [4.78, 5) is 23.9. The highest BCUT2D eigenvalue weighted by Crippen LogP contribution is 2.20. The van der Waals surface area contributed by atoms with Crippen LogP contribution in [0.25, 0.3) is 0 Å². The highest BCUT2D eigenvalue weighted by molar-refractivity contribution is 8.00. The van der Waals surface area contributed by atoms with Crippen LogP contribution >= 0.6 is 11.8 Å². The van der Waals surface area contributed by atoms with E-state index in [2.05, 4.69) is 15.5 Å². The maximum atomic E-state index is 12.2. The fraction of sp³-hybridized carbons (Fsp3) is 0.286. The van der Waals surface area contributed by atoms with Crippen LogP contribution in [-0.2, 0) is 4.79 Å². The second-order valence-electron chi connectivity index (χ2n) is 4.86. The summed E-state index contributed by atoms with van der Waals surface area (Å²) in [5.41, 5.74) is 1.56. The van der Waals surface area contributed by atoms with Crippen LogP contribution in [0, 0.1) is 13.8 Å². The highest BCUT2D eigenvalue weighted by atomic mass is 32.2. The van der Waals surface area contributed by atoms with Gasteiger partial charge in [-0.2, -0.15) is 4.68 Å². The number of benzene rings is 1. The minimum Gasteiger partial charge on any atom is -0.334 e. The van der Waals surface area contributed by atoms with Crippen molar-refractivity contribution in [1.82, 2.24) is 14.9 Å². The summed E-state index contributed by atoms with van der Waals surface area (Å²) in [7, 11) is 0. The van der Waals surface area contributed by atoms with Gasteiger partial charge in [-0.25, -0.2) is 0 Å². The lowest BCUT2D eigenvalue weighted by Crippen LogP contribution is -2.33. The molecule has 7 nitrogen and oxygen atoms in total. The van der Waals surface area contributed by atoms with Gasteiger partial charge in [0.1, 0.15) is 5.69 Å². The number of anilines is 1. The maximum Gasteiger partial charge on any atom is 0.294 e. The second-order valence-corrected chi connectivity index (χ2v) is 6.17. The fourth-order valence-corrected chi connectivity index (χ4v) is 2.50. The average molecular weight is 319 g/mol. The number of carbonyl (C=O) groups excluding carboxylic acids is 1. The van der Waals surface area contributed by atoms with E-state index in [9.17, 15) is 9.59 Å². The van der Waals surface area contributed by atoms with Crippen molar-refractivity contribution in [3.05, 3.63) is 45.9 Å². The summed E-state index contributed by atoms with van der Waals surface area (Å²) in [6, 6.07) is 7.50. The summed E-state index contributed by atoms with van der Waals surface area (Å²) in [5.74, 6) is 5.45. The van der Waals surface area contributed by atoms with Gasteiger partial charge in [0.2, 0.25) is 11.1 Å². The Balaban J connectivity index is 2.09. The second kappa shape index (κ2) is 6.61. The molecule has 8 heteroatoms. The highest BCUT2D eigenvalue weighted by Gasteiger charge is 2.18. The molecular formula is C14H17N5O2S. The zero-order chi connectivity index (χ0) is 16.3. The molecule has 0 aliphatic rings. The molecule has 0 saturated carbocycles. The maximum absolute atomic E-state index is 12.2. The normalized spacial score (nSPS) is 12.0. The van der Waals surface area contributed by atoms with E-state index in [0.717, 1.165) is 27.7 Å². The molecule has 2 aromatic rings. The lowest BCUT2D eigenvalue weighted by atomic mass is 10.2. The number of hydrogen-bond donors (Lipinski definition) is 2. The minimum atomic E-state index is -0.480. The van der Waals surface area contributed by atoms with Crippen molar-refractivity contribution in [3.63, 3.8) is 0 Å². The molecule has 0 saturated heterocycles. The summed E-state index contributed by atoms with van der Waals surface area (Å²) in [6.45, 7) is 5.19. The van der Waals surface area contributed by atoms with Crippen LogP contribution in [0.4, 0.5) is 5.69 Å². The smallest absolute Gasteiger partial charge is 0.294 e. The van der Waals surface area contributed by atoms with E-state index >= 15 is 0 Å². The third-order valence-electron chi connectivity index (χ3n) is 2.96. The lowest BCUT2D eigenvalue weighted by molar-refractivity contribution is -0.115. The van der Waals surface area contributed by atoms with E-state index in [-0.39, 0.29) is 16.8 Å². The number of nitrogen functional groups attached to an aromatic ring is 1. The predicted molar refractivity (Wildman–Crippen MR) is 86.3 cm³/mol. The van der Waals surface area contributed by atoms with E-state index in [0.29, 0.717) is 0 Å². The van der Waals surface area contributed by atoms with Crippen molar-refractivity contribution in [2.45, 2.75) is 31.2 Å². The molecule has 0 fully saturated rings. The van der Waals surface area contributed by atoms with Gasteiger partial charge in [0.05, 0.1) is 5.25 Å². The Kier molecular flexibility index (Phi) is 4.81. The third-order valence-corrected chi connectivity index (χ3v) is 4.01. The predicted octanol–water partition coefficient (Wildman–Crippen LogP) is 1.09. The summed E-state index contributed by atoms with van der Waals surface area (Å²) < 4.78 is 0.906. The molecule has 116 valence electrons. The molecule has 0 unspecified atom stereocenters. The molecule has 2 rings (SSSR count). The Bertz CT molecular complexity index is 759. The number of nitrogens with one attached hydrogen (secondary N) is 1. The molecule has 1 heterocycles. The van der Waals surface area contributed by atoms with Gasteiger partial charge in [-0.05, 0) is 38.5 Å². The van der Waals surface area contributed by atoms with Crippen molar-refractivity contribution in [1.29, 1.82) is 0 Å². The average Bonchev–Trinajstić information content (AvgIpc) is 2.47. The van der Waals surface area contributed by atoms with Crippen molar-refractivity contribution in [3.8, 4) is 0 Å². The number of nitrogens with zero attached hydrogens (tertiary/aromatic N) is 3. The first-order valence-corrected chi connectivity index (χ1v) is 7.52. The molecule has 1 aromatic carbocycles. The summed E-state index contributed by atoms with van der Waals surface area (Å²) >= 11 is 1.08. The monoisotopic (exact) mass is 319 g/mol. The molecule has 0 radical (unpaired) electrons. The summed E-state index contributed by atoms with van der Waals surface area (Å²) in [6.07, 6.45) is 0. The summed E-state index contributed by atoms with van der Waals surface area (Å²) in [5, 5.41) is 10.1. The number of rotatable bonds is 4. The van der Waals surface area contributed by atoms with Gasteiger partial charge in [-0.3, -0.25) is 9.59 Å². The number of thioether (sulfide) groups is 1. The van der Waals surface area contributed by atoms with Crippen LogP contribution in [0.2, 0.25) is 0 Å². The van der Waals surface area contributed by atoms with Crippen molar-refractivity contribution in [2.75, 3.05) is 11.2 Å². The van der Waals surface area contributed by atoms with Crippen LogP contribution in [0.5, 0.6) is 0 Å². The zero-order valence-corrected chi connectivity index (χ0v) is 13.3. The van der Waals surface area contributed by atoms with Gasteiger partial charge in [0.15, 0.2) is 0 Å². The van der Waals surface area contributed by atoms with Gasteiger partial charge in [-0.15, -0.1) is 10.2 Å². The van der Waals surface area contributed by atoms with Crippen LogP contribution in [0.1, 0.15) is 18.2 Å². The number of amides is 1. The molecule has 0 bridgehead atoms. The van der Waals surface area contributed by atoms with Gasteiger partial charge in [-0.1, -0.05) is 23.9 Å². The number of aryl methyl sites for hydroxylation is 2. The van der Waals surface area contributed by atoms with Crippen LogP contribution < -0.4 is 16.7 Å². The SMILES string of the molecule is Cc1cccc(NC(=O)[C@H](C)Sc2nnc(C)c(=O)n2N)c1. The van der Waals surface area contributed by atoms with Crippen LogP contribution in [0.3, 0.4) is 0 Å². The van der Waals surface area contributed by atoms with Crippen molar-refractivity contribution < 1.29 is 4.79 Å². The van der Waals surface area contributed by atoms with Crippen molar-refractivity contribution >= 4 is 23.4 Å². The van der Waals surface area contributed by atoms with Crippen molar-refractivity contribution in [2.24, 2.45) is 0 Å². The quantitative estimate of drug-likeness (QED) is 0.646. The van der Waals surface area contributed by atoms with Gasteiger partial charge < -0.3 is 11.2 Å². The first-order chi connectivity index (χ1) is 10.4. The molecule has 0 spiro atoms. The largest absolute Gasteiger partial charge is 0.334 e.